The van der Waals surface area contributed by atoms with E-state index in [1.54, 1.807) is 24.3 Å². The zero-order valence-electron chi connectivity index (χ0n) is 10.6. The van der Waals surface area contributed by atoms with Crippen molar-refractivity contribution in [2.75, 3.05) is 18.4 Å². The number of rotatable bonds is 4. The predicted octanol–water partition coefficient (Wildman–Crippen LogP) is 1.08. The summed E-state index contributed by atoms with van der Waals surface area (Å²) in [4.78, 5) is -0.0867. The molecule has 0 amide bonds. The van der Waals surface area contributed by atoms with Crippen LogP contribution in [0.2, 0.25) is 0 Å². The predicted molar refractivity (Wildman–Crippen MR) is 77.1 cm³/mol. The Balaban J connectivity index is 0.00000180. The molecule has 2 rings (SSSR count). The van der Waals surface area contributed by atoms with Crippen LogP contribution in [-0.2, 0) is 10.1 Å². The summed E-state index contributed by atoms with van der Waals surface area (Å²) in [6, 6.07) is 10.00. The number of nitrogens with two attached hydrogens (primary N) is 1. The monoisotopic (exact) mass is 289 g/mol. The van der Waals surface area contributed by atoms with Gasteiger partial charge in [0.25, 0.3) is 10.1 Å². The van der Waals surface area contributed by atoms with E-state index in [1.807, 2.05) is 6.07 Å². The maximum atomic E-state index is 11.3. The van der Waals surface area contributed by atoms with Gasteiger partial charge in [0.1, 0.15) is 4.90 Å². The van der Waals surface area contributed by atoms with Crippen LogP contribution in [0.3, 0.4) is 0 Å². The molecule has 97 valence electrons. The fourth-order valence-electron chi connectivity index (χ4n) is 1.87. The summed E-state index contributed by atoms with van der Waals surface area (Å²) in [6.07, 6.45) is 0. The van der Waals surface area contributed by atoms with Crippen LogP contribution in [0.5, 0.6) is 0 Å². The van der Waals surface area contributed by atoms with E-state index >= 15 is 0 Å². The third-order valence-corrected chi connectivity index (χ3v) is 3.53. The first-order valence-corrected chi connectivity index (χ1v) is 6.91. The summed E-state index contributed by atoms with van der Waals surface area (Å²) >= 11 is 0. The second-order valence-corrected chi connectivity index (χ2v) is 5.24. The van der Waals surface area contributed by atoms with Crippen LogP contribution >= 0.6 is 0 Å². The van der Waals surface area contributed by atoms with Gasteiger partial charge in [0, 0.05) is 59.1 Å². The van der Waals surface area contributed by atoms with E-state index in [1.165, 1.54) is 6.07 Å². The van der Waals surface area contributed by atoms with E-state index in [-0.39, 0.29) is 34.5 Å². The Labute approximate surface area is 134 Å². The molecule has 0 unspecified atom stereocenters. The van der Waals surface area contributed by atoms with Gasteiger partial charge in [-0.25, -0.2) is 0 Å². The Morgan fingerprint density at radius 1 is 1.11 bits per heavy atom. The van der Waals surface area contributed by atoms with Crippen molar-refractivity contribution >= 4 is 56.1 Å². The van der Waals surface area contributed by atoms with Crippen molar-refractivity contribution < 1.29 is 13.0 Å². The van der Waals surface area contributed by atoms with Gasteiger partial charge < -0.3 is 11.1 Å². The number of hydrogen-bond donors (Lipinski definition) is 3. The number of hydrogen-bond acceptors (Lipinski definition) is 4. The molecule has 0 bridgehead atoms. The molecule has 0 fully saturated rings. The fraction of sp³-hybridized carbons (Fsp3) is 0.167. The van der Waals surface area contributed by atoms with Crippen LogP contribution < -0.4 is 11.1 Å². The molecule has 4 N–H and O–H groups in total. The van der Waals surface area contributed by atoms with Crippen LogP contribution in [0.25, 0.3) is 10.8 Å². The number of fused-ring (bicyclic) bond motifs is 1. The minimum Gasteiger partial charge on any atom is -0.383 e. The van der Waals surface area contributed by atoms with Crippen molar-refractivity contribution in [3.63, 3.8) is 0 Å². The van der Waals surface area contributed by atoms with Crippen LogP contribution in [0.4, 0.5) is 5.69 Å². The SMILES string of the molecule is NCCNc1cccc2c(S(=O)(=O)O)cccc12.[Na]. The first-order chi connectivity index (χ1) is 8.54. The summed E-state index contributed by atoms with van der Waals surface area (Å²) in [6.45, 7) is 1.07. The Kier molecular flexibility index (Phi) is 5.79. The molecule has 0 saturated heterocycles. The molecule has 2 aromatic carbocycles. The molecule has 0 atom stereocenters. The third kappa shape index (κ3) is 3.68. The van der Waals surface area contributed by atoms with Crippen molar-refractivity contribution in [2.24, 2.45) is 5.73 Å². The van der Waals surface area contributed by atoms with Crippen LogP contribution in [0.15, 0.2) is 41.3 Å². The van der Waals surface area contributed by atoms with Crippen LogP contribution in [0.1, 0.15) is 0 Å². The van der Waals surface area contributed by atoms with Crippen molar-refractivity contribution in [3.8, 4) is 0 Å². The zero-order valence-corrected chi connectivity index (χ0v) is 13.4. The third-order valence-electron chi connectivity index (χ3n) is 2.62. The van der Waals surface area contributed by atoms with Crippen molar-refractivity contribution in [1.29, 1.82) is 0 Å². The van der Waals surface area contributed by atoms with Gasteiger partial charge in [-0.3, -0.25) is 4.55 Å². The Bertz CT molecular complexity index is 674. The molecule has 5 nitrogen and oxygen atoms in total. The number of anilines is 1. The molecule has 0 aliphatic rings. The van der Waals surface area contributed by atoms with E-state index in [9.17, 15) is 13.0 Å². The van der Waals surface area contributed by atoms with E-state index in [0.717, 1.165) is 11.1 Å². The minimum atomic E-state index is -4.22. The van der Waals surface area contributed by atoms with Crippen LogP contribution in [0, 0.1) is 0 Å². The summed E-state index contributed by atoms with van der Waals surface area (Å²) in [5.74, 6) is 0. The second-order valence-electron chi connectivity index (χ2n) is 3.85. The molecular formula is C12H14N2NaO3S. The summed E-state index contributed by atoms with van der Waals surface area (Å²) < 4.78 is 31.8. The second kappa shape index (κ2) is 6.69. The fourth-order valence-corrected chi connectivity index (χ4v) is 2.57. The van der Waals surface area contributed by atoms with Gasteiger partial charge >= 0.3 is 0 Å². The van der Waals surface area contributed by atoms with Gasteiger partial charge in [-0.05, 0) is 12.1 Å². The normalized spacial score (nSPS) is 11.1. The Morgan fingerprint density at radius 2 is 1.74 bits per heavy atom. The molecule has 0 saturated carbocycles. The average molecular weight is 289 g/mol. The van der Waals surface area contributed by atoms with Crippen LogP contribution in [-0.4, -0.2) is 55.6 Å². The summed E-state index contributed by atoms with van der Waals surface area (Å²) in [5, 5.41) is 4.34. The standard InChI is InChI=1S/C12H14N2O3S.Na/c13-7-8-14-11-5-1-4-10-9(11)3-2-6-12(10)18(15,16)17;/h1-6,14H,7-8,13H2,(H,15,16,17);. The largest absolute Gasteiger partial charge is 0.383 e. The molecule has 0 aliphatic heterocycles. The average Bonchev–Trinajstić information content (AvgIpc) is 2.34. The summed E-state index contributed by atoms with van der Waals surface area (Å²) in [5.41, 5.74) is 6.22. The Morgan fingerprint density at radius 3 is 2.37 bits per heavy atom. The molecule has 1 radical (unpaired) electrons. The molecule has 0 heterocycles. The van der Waals surface area contributed by atoms with Gasteiger partial charge in [-0.15, -0.1) is 0 Å². The van der Waals surface area contributed by atoms with E-state index in [0.29, 0.717) is 18.5 Å². The van der Waals surface area contributed by atoms with Crippen molar-refractivity contribution in [3.05, 3.63) is 36.4 Å². The smallest absolute Gasteiger partial charge is 0.295 e. The minimum absolute atomic E-state index is 0. The maximum Gasteiger partial charge on any atom is 0.295 e. The van der Waals surface area contributed by atoms with E-state index < -0.39 is 10.1 Å². The van der Waals surface area contributed by atoms with Gasteiger partial charge in [-0.1, -0.05) is 24.3 Å². The van der Waals surface area contributed by atoms with E-state index in [2.05, 4.69) is 5.32 Å². The van der Waals surface area contributed by atoms with Gasteiger partial charge in [0.15, 0.2) is 0 Å². The van der Waals surface area contributed by atoms with Gasteiger partial charge in [0.2, 0.25) is 0 Å². The van der Waals surface area contributed by atoms with Gasteiger partial charge in [-0.2, -0.15) is 8.42 Å². The summed E-state index contributed by atoms with van der Waals surface area (Å²) in [7, 11) is -4.22. The number of benzene rings is 2. The molecule has 7 heteroatoms. The molecule has 19 heavy (non-hydrogen) atoms. The van der Waals surface area contributed by atoms with Crippen molar-refractivity contribution in [1.82, 2.24) is 0 Å². The van der Waals surface area contributed by atoms with Crippen molar-refractivity contribution in [2.45, 2.75) is 4.90 Å². The molecule has 0 spiro atoms. The molecule has 2 aromatic rings. The maximum absolute atomic E-state index is 11.3. The quantitative estimate of drug-likeness (QED) is 0.578. The first-order valence-electron chi connectivity index (χ1n) is 5.47. The molecule has 0 aliphatic carbocycles. The first kappa shape index (κ1) is 16.4. The number of nitrogens with one attached hydrogen (secondary N) is 1. The zero-order chi connectivity index (χ0) is 13.2. The topological polar surface area (TPSA) is 92.4 Å². The van der Waals surface area contributed by atoms with E-state index in [4.69, 9.17) is 5.73 Å². The molecular weight excluding hydrogens is 275 g/mol. The molecule has 0 aromatic heterocycles. The van der Waals surface area contributed by atoms with Gasteiger partial charge in [0.05, 0.1) is 0 Å². The Hall–Kier alpha value is -0.630.